The van der Waals surface area contributed by atoms with Gasteiger partial charge in [0.25, 0.3) is 11.4 Å². The molecule has 110 valence electrons. The Morgan fingerprint density at radius 2 is 2.05 bits per heavy atom. The number of nitro benzene ring substituents is 2. The lowest BCUT2D eigenvalue weighted by Gasteiger charge is -2.15. The number of aliphatic hydroxyl groups is 1. The fourth-order valence-electron chi connectivity index (χ4n) is 1.62. The van der Waals surface area contributed by atoms with Gasteiger partial charge in [0.15, 0.2) is 0 Å². The number of nitrogens with one attached hydrogen (secondary N) is 1. The summed E-state index contributed by atoms with van der Waals surface area (Å²) in [6.45, 7) is 0.162. The number of nitro groups is 2. The molecule has 0 aromatic heterocycles. The molecule has 0 radical (unpaired) electrons. The van der Waals surface area contributed by atoms with Crippen molar-refractivity contribution < 1.29 is 19.7 Å². The molecule has 1 rings (SSSR count). The molecule has 0 amide bonds. The number of nitrogens with zero attached hydrogens (tertiary/aromatic N) is 2. The molecule has 1 atom stereocenters. The molecular weight excluding hydrogens is 270 g/mol. The monoisotopic (exact) mass is 285 g/mol. The van der Waals surface area contributed by atoms with E-state index in [0.717, 1.165) is 6.07 Å². The fourth-order valence-corrected chi connectivity index (χ4v) is 1.62. The van der Waals surface area contributed by atoms with E-state index in [4.69, 9.17) is 9.84 Å². The molecule has 1 unspecified atom stereocenters. The Morgan fingerprint density at radius 1 is 1.35 bits per heavy atom. The van der Waals surface area contributed by atoms with Crippen molar-refractivity contribution in [3.05, 3.63) is 44.0 Å². The molecular formula is C11H15N3O6. The summed E-state index contributed by atoms with van der Waals surface area (Å²) in [5.41, 5.74) is -0.369. The van der Waals surface area contributed by atoms with Crippen molar-refractivity contribution in [1.82, 2.24) is 5.32 Å². The van der Waals surface area contributed by atoms with Gasteiger partial charge in [0.1, 0.15) is 0 Å². The van der Waals surface area contributed by atoms with E-state index < -0.39 is 9.85 Å². The van der Waals surface area contributed by atoms with Gasteiger partial charge in [-0.15, -0.1) is 0 Å². The molecule has 0 spiro atoms. The third-order valence-corrected chi connectivity index (χ3v) is 2.65. The topological polar surface area (TPSA) is 128 Å². The van der Waals surface area contributed by atoms with Crippen LogP contribution in [0.1, 0.15) is 5.56 Å². The van der Waals surface area contributed by atoms with Crippen LogP contribution in [0, 0.1) is 20.2 Å². The van der Waals surface area contributed by atoms with Crippen molar-refractivity contribution in [2.24, 2.45) is 0 Å². The van der Waals surface area contributed by atoms with Gasteiger partial charge in [-0.25, -0.2) is 0 Å². The molecule has 0 aliphatic rings. The van der Waals surface area contributed by atoms with Crippen LogP contribution in [0.15, 0.2) is 18.2 Å². The Labute approximate surface area is 114 Å². The zero-order valence-electron chi connectivity index (χ0n) is 10.8. The molecule has 9 nitrogen and oxygen atoms in total. The first-order valence-electron chi connectivity index (χ1n) is 5.74. The summed E-state index contributed by atoms with van der Waals surface area (Å²) in [4.78, 5) is 20.2. The number of ether oxygens (including phenoxy) is 1. The van der Waals surface area contributed by atoms with Gasteiger partial charge in [-0.3, -0.25) is 20.2 Å². The predicted octanol–water partition coefficient (Wildman–Crippen LogP) is 0.600. The SMILES string of the molecule is COCC(CO)NCc1ccc([N+](=O)[O-])cc1[N+](=O)[O-]. The Kier molecular flexibility index (Phi) is 5.97. The zero-order valence-corrected chi connectivity index (χ0v) is 10.8. The zero-order chi connectivity index (χ0) is 15.1. The van der Waals surface area contributed by atoms with E-state index in [9.17, 15) is 20.2 Å². The van der Waals surface area contributed by atoms with Crippen molar-refractivity contribution in [3.63, 3.8) is 0 Å². The molecule has 0 saturated heterocycles. The van der Waals surface area contributed by atoms with E-state index in [2.05, 4.69) is 5.32 Å². The molecule has 0 heterocycles. The van der Waals surface area contributed by atoms with E-state index in [1.54, 1.807) is 0 Å². The normalized spacial score (nSPS) is 12.1. The van der Waals surface area contributed by atoms with Crippen LogP contribution in [0.5, 0.6) is 0 Å². The molecule has 0 fully saturated rings. The van der Waals surface area contributed by atoms with Gasteiger partial charge in [0.2, 0.25) is 0 Å². The van der Waals surface area contributed by atoms with Crippen LogP contribution in [0.25, 0.3) is 0 Å². The average Bonchev–Trinajstić information content (AvgIpc) is 2.42. The Bertz CT molecular complexity index is 493. The van der Waals surface area contributed by atoms with Gasteiger partial charge >= 0.3 is 0 Å². The lowest BCUT2D eigenvalue weighted by molar-refractivity contribution is -0.394. The molecule has 2 N–H and O–H groups in total. The van der Waals surface area contributed by atoms with Gasteiger partial charge in [-0.1, -0.05) is 0 Å². The number of methoxy groups -OCH3 is 1. The van der Waals surface area contributed by atoms with E-state index >= 15 is 0 Å². The van der Waals surface area contributed by atoms with E-state index in [1.807, 2.05) is 0 Å². The van der Waals surface area contributed by atoms with Crippen LogP contribution in [-0.2, 0) is 11.3 Å². The predicted molar refractivity (Wildman–Crippen MR) is 69.3 cm³/mol. The smallest absolute Gasteiger partial charge is 0.280 e. The first-order valence-corrected chi connectivity index (χ1v) is 5.74. The highest BCUT2D eigenvalue weighted by atomic mass is 16.6. The molecule has 0 saturated carbocycles. The summed E-state index contributed by atoms with van der Waals surface area (Å²) < 4.78 is 4.87. The van der Waals surface area contributed by atoms with Crippen molar-refractivity contribution in [1.29, 1.82) is 0 Å². The minimum absolute atomic E-state index is 0.100. The summed E-state index contributed by atoms with van der Waals surface area (Å²) in [6, 6.07) is 3.08. The minimum Gasteiger partial charge on any atom is -0.395 e. The average molecular weight is 285 g/mol. The summed E-state index contributed by atoms with van der Waals surface area (Å²) in [7, 11) is 1.47. The van der Waals surface area contributed by atoms with Crippen molar-refractivity contribution in [2.45, 2.75) is 12.6 Å². The van der Waals surface area contributed by atoms with Crippen LogP contribution in [0.4, 0.5) is 11.4 Å². The third-order valence-electron chi connectivity index (χ3n) is 2.65. The van der Waals surface area contributed by atoms with E-state index in [0.29, 0.717) is 5.56 Å². The number of rotatable bonds is 8. The van der Waals surface area contributed by atoms with Crippen LogP contribution in [0.2, 0.25) is 0 Å². The lowest BCUT2D eigenvalue weighted by Crippen LogP contribution is -2.36. The first-order chi connectivity index (χ1) is 9.49. The summed E-state index contributed by atoms with van der Waals surface area (Å²) in [5, 5.41) is 33.5. The molecule has 0 aliphatic carbocycles. The van der Waals surface area contributed by atoms with Gasteiger partial charge < -0.3 is 15.2 Å². The maximum absolute atomic E-state index is 10.9. The maximum Gasteiger partial charge on any atom is 0.280 e. The second kappa shape index (κ2) is 7.48. The maximum atomic E-state index is 10.9. The summed E-state index contributed by atoms with van der Waals surface area (Å²) >= 11 is 0. The number of hydrogen-bond donors (Lipinski definition) is 2. The second-order valence-corrected chi connectivity index (χ2v) is 4.04. The van der Waals surface area contributed by atoms with E-state index in [-0.39, 0.29) is 37.2 Å². The van der Waals surface area contributed by atoms with Gasteiger partial charge in [0.05, 0.1) is 35.2 Å². The lowest BCUT2D eigenvalue weighted by atomic mass is 10.1. The fraction of sp³-hybridized carbons (Fsp3) is 0.455. The van der Waals surface area contributed by atoms with Crippen LogP contribution in [-0.4, -0.2) is 41.3 Å². The third kappa shape index (κ3) is 4.23. The second-order valence-electron chi connectivity index (χ2n) is 4.04. The molecule has 1 aromatic rings. The Morgan fingerprint density at radius 3 is 2.55 bits per heavy atom. The van der Waals surface area contributed by atoms with Crippen molar-refractivity contribution in [2.75, 3.05) is 20.3 Å². The molecule has 20 heavy (non-hydrogen) atoms. The molecule has 0 aliphatic heterocycles. The van der Waals surface area contributed by atoms with Crippen molar-refractivity contribution >= 4 is 11.4 Å². The summed E-state index contributed by atoms with van der Waals surface area (Å²) in [5.74, 6) is 0. The standard InChI is InChI=1S/C11H15N3O6/c1-20-7-9(6-15)12-5-8-2-3-10(13(16)17)4-11(8)14(18)19/h2-4,9,12,15H,5-7H2,1H3. The van der Waals surface area contributed by atoms with Crippen LogP contribution < -0.4 is 5.32 Å². The van der Waals surface area contributed by atoms with E-state index in [1.165, 1.54) is 19.2 Å². The number of non-ortho nitro benzene ring substituents is 1. The number of benzene rings is 1. The highest BCUT2D eigenvalue weighted by Crippen LogP contribution is 2.24. The Balaban J connectivity index is 2.89. The van der Waals surface area contributed by atoms with Crippen molar-refractivity contribution in [3.8, 4) is 0 Å². The van der Waals surface area contributed by atoms with Gasteiger partial charge in [-0.2, -0.15) is 0 Å². The highest BCUT2D eigenvalue weighted by molar-refractivity contribution is 5.49. The first kappa shape index (κ1) is 16.0. The summed E-state index contributed by atoms with van der Waals surface area (Å²) in [6.07, 6.45) is 0. The number of hydrogen-bond acceptors (Lipinski definition) is 7. The quantitative estimate of drug-likeness (QED) is 0.528. The molecule has 0 bridgehead atoms. The molecule has 1 aromatic carbocycles. The van der Waals surface area contributed by atoms with Gasteiger partial charge in [-0.05, 0) is 6.07 Å². The number of aliphatic hydroxyl groups excluding tert-OH is 1. The van der Waals surface area contributed by atoms with Crippen LogP contribution in [0.3, 0.4) is 0 Å². The highest BCUT2D eigenvalue weighted by Gasteiger charge is 2.19. The van der Waals surface area contributed by atoms with Gasteiger partial charge in [0, 0.05) is 25.3 Å². The van der Waals surface area contributed by atoms with Crippen LogP contribution >= 0.6 is 0 Å². The minimum atomic E-state index is -0.689. The largest absolute Gasteiger partial charge is 0.395 e. The Hall–Kier alpha value is -2.10. The molecule has 9 heteroatoms.